The number of alkyl halides is 1. The van der Waals surface area contributed by atoms with Gasteiger partial charge < -0.3 is 82.3 Å². The molecule has 3 fully saturated rings. The molecule has 16 atom stereocenters. The molecule has 2 aliphatic heterocycles. The zero-order chi connectivity index (χ0) is 34.5. The highest BCUT2D eigenvalue weighted by molar-refractivity contribution is 5.84. The predicted molar refractivity (Wildman–Crippen MR) is 158 cm³/mol. The van der Waals surface area contributed by atoms with Crippen molar-refractivity contribution in [2.75, 3.05) is 26.4 Å². The Balaban J connectivity index is 1.81. The molecule has 2 heterocycles. The first-order valence-corrected chi connectivity index (χ1v) is 15.2. The summed E-state index contributed by atoms with van der Waals surface area (Å²) >= 11 is 0. The molecule has 10 unspecified atom stereocenters. The van der Waals surface area contributed by atoms with Crippen LogP contribution in [0.15, 0.2) is 4.99 Å². The third kappa shape index (κ3) is 9.26. The lowest BCUT2D eigenvalue weighted by molar-refractivity contribution is -0.313. The summed E-state index contributed by atoms with van der Waals surface area (Å²) in [5, 5.41) is 93.4. The van der Waals surface area contributed by atoms with E-state index in [9.17, 15) is 40.1 Å². The summed E-state index contributed by atoms with van der Waals surface area (Å²) in [6, 6.07) is -2.68. The van der Waals surface area contributed by atoms with Gasteiger partial charge in [0.15, 0.2) is 12.6 Å². The van der Waals surface area contributed by atoms with Crippen LogP contribution in [0, 0.1) is 11.3 Å². The Morgan fingerprint density at radius 1 is 1.07 bits per heavy atom. The molecule has 0 aromatic rings. The van der Waals surface area contributed by atoms with E-state index in [1.54, 1.807) is 6.92 Å². The van der Waals surface area contributed by atoms with E-state index < -0.39 is 116 Å². The van der Waals surface area contributed by atoms with Crippen LogP contribution in [0.1, 0.15) is 33.1 Å². The molecule has 18 nitrogen and oxygen atoms in total. The molecule has 0 amide bonds. The van der Waals surface area contributed by atoms with Crippen molar-refractivity contribution >= 4 is 11.7 Å². The van der Waals surface area contributed by atoms with Crippen molar-refractivity contribution in [3.05, 3.63) is 0 Å². The van der Waals surface area contributed by atoms with Crippen LogP contribution in [0.25, 0.3) is 0 Å². The van der Waals surface area contributed by atoms with Crippen molar-refractivity contribution in [3.63, 3.8) is 0 Å². The van der Waals surface area contributed by atoms with Crippen molar-refractivity contribution < 1.29 is 64.2 Å². The molecule has 1 saturated carbocycles. The molecule has 46 heavy (non-hydrogen) atoms. The quantitative estimate of drug-likeness (QED) is 0.0642. The van der Waals surface area contributed by atoms with Crippen LogP contribution in [0.4, 0.5) is 4.39 Å². The normalized spacial score (nSPS) is 41.8. The van der Waals surface area contributed by atoms with Crippen LogP contribution < -0.4 is 22.5 Å². The zero-order valence-electron chi connectivity index (χ0n) is 25.9. The summed E-state index contributed by atoms with van der Waals surface area (Å²) in [5.41, 5.74) is 16.7. The molecule has 0 radical (unpaired) electrons. The largest absolute Gasteiger partial charge is 0.394 e. The monoisotopic (exact) mass is 670 g/mol. The van der Waals surface area contributed by atoms with E-state index in [4.69, 9.17) is 46.7 Å². The van der Waals surface area contributed by atoms with Crippen LogP contribution >= 0.6 is 0 Å². The summed E-state index contributed by atoms with van der Waals surface area (Å²) in [6.07, 6.45) is -15.6. The molecule has 3 rings (SSSR count). The molecule has 2 saturated heterocycles. The predicted octanol–water partition coefficient (Wildman–Crippen LogP) is -5.52. The molecule has 19 heteroatoms. The maximum atomic E-state index is 12.7. The molecule has 0 bridgehead atoms. The van der Waals surface area contributed by atoms with E-state index in [0.717, 1.165) is 0 Å². The highest BCUT2D eigenvalue weighted by Gasteiger charge is 2.51. The maximum absolute atomic E-state index is 12.7. The third-order valence-corrected chi connectivity index (χ3v) is 8.94. The average molecular weight is 671 g/mol. The number of aliphatic imine (C=N–C) groups is 1. The van der Waals surface area contributed by atoms with E-state index in [0.29, 0.717) is 12.8 Å². The van der Waals surface area contributed by atoms with Crippen molar-refractivity contribution in [3.8, 4) is 0 Å². The van der Waals surface area contributed by atoms with Gasteiger partial charge in [-0.2, -0.15) is 0 Å². The van der Waals surface area contributed by atoms with E-state index in [-0.39, 0.29) is 25.4 Å². The van der Waals surface area contributed by atoms with Gasteiger partial charge in [-0.15, -0.1) is 0 Å². The Hall–Kier alpha value is -1.69. The van der Waals surface area contributed by atoms with Gasteiger partial charge >= 0.3 is 0 Å². The maximum Gasteiger partial charge on any atom is 0.184 e. The topological polar surface area (TPSA) is 325 Å². The Labute approximate surface area is 265 Å². The number of nitrogens with zero attached hydrogens (tertiary/aromatic N) is 1. The first kappa shape index (κ1) is 38.8. The molecule has 0 aromatic carbocycles. The Kier molecular flexibility index (Phi) is 14.0. The van der Waals surface area contributed by atoms with Gasteiger partial charge in [-0.1, -0.05) is 6.92 Å². The van der Waals surface area contributed by atoms with Gasteiger partial charge in [0, 0.05) is 12.0 Å². The van der Waals surface area contributed by atoms with Crippen molar-refractivity contribution in [2.24, 2.45) is 28.1 Å². The van der Waals surface area contributed by atoms with Gasteiger partial charge in [-0.25, -0.2) is 4.39 Å². The van der Waals surface area contributed by atoms with Crippen molar-refractivity contribution in [1.29, 1.82) is 5.41 Å². The number of hydrogen-bond donors (Lipinski definition) is 13. The fraction of sp³-hybridized carbons (Fsp3) is 0.926. The van der Waals surface area contributed by atoms with E-state index in [1.165, 1.54) is 6.92 Å². The Bertz CT molecular complexity index is 1020. The smallest absolute Gasteiger partial charge is 0.184 e. The highest BCUT2D eigenvalue weighted by Crippen LogP contribution is 2.34. The highest BCUT2D eigenvalue weighted by atomic mass is 19.1. The van der Waals surface area contributed by atoms with Crippen molar-refractivity contribution in [1.82, 2.24) is 5.32 Å². The summed E-state index contributed by atoms with van der Waals surface area (Å²) in [5.74, 6) is -1.66. The molecule has 3 aliphatic rings. The lowest BCUT2D eigenvalue weighted by atomic mass is 9.82. The standard InChI is InChI=1S/C27H51FN6O12/c1-10-17(37)26(43-9-27(10,2)42)46-23-14(34-24(32)20(40)19(39)18(38)15(36)8-35)5-13(30)22(21(23)41)45-25-12(29)4-3-11(44-25)7-33-16(31)6-28/h10-15,17-23,25-26,35-42H,3-9,29-30H2,1-2H3,(H2,31,33)(H2,32,34)/t10-,11+,12?,13+,14-,15?,17?,18?,19?,20?,21?,22?,23?,25-,26-,27?/m1/s1. The zero-order valence-corrected chi connectivity index (χ0v) is 25.9. The third-order valence-electron chi connectivity index (χ3n) is 8.94. The van der Waals surface area contributed by atoms with Gasteiger partial charge in [0.2, 0.25) is 0 Å². The molecular formula is C27H51FN6O12. The van der Waals surface area contributed by atoms with Gasteiger partial charge in [0.05, 0.1) is 43.5 Å². The van der Waals surface area contributed by atoms with Gasteiger partial charge in [-0.3, -0.25) is 10.4 Å². The van der Waals surface area contributed by atoms with E-state index >= 15 is 0 Å². The first-order chi connectivity index (χ1) is 21.5. The minimum absolute atomic E-state index is 0.0541. The molecular weight excluding hydrogens is 619 g/mol. The van der Waals surface area contributed by atoms with Crippen LogP contribution in [0.2, 0.25) is 0 Å². The Morgan fingerprint density at radius 2 is 1.72 bits per heavy atom. The van der Waals surface area contributed by atoms with Gasteiger partial charge in [0.1, 0.15) is 67.2 Å². The fourth-order valence-electron chi connectivity index (χ4n) is 5.63. The number of halogens is 1. The average Bonchev–Trinajstić information content (AvgIpc) is 3.03. The second kappa shape index (κ2) is 16.6. The minimum atomic E-state index is -2.09. The molecule has 0 aromatic heterocycles. The SMILES string of the molecule is C[C@@H]1C(O)[C@@H](OC2C(O)C(O[C@H]3O[C@H](CN=C(N)CF)CCC3N)[C@@H](N)C[C@H]2NC(=N)C(O)C(O)C(O)C(O)CO)OCC1(C)O. The number of aliphatic hydroxyl groups is 8. The summed E-state index contributed by atoms with van der Waals surface area (Å²) in [6.45, 7) is 1.06. The lowest BCUT2D eigenvalue weighted by Crippen LogP contribution is -2.68. The van der Waals surface area contributed by atoms with Crippen LogP contribution in [-0.4, -0.2) is 170 Å². The summed E-state index contributed by atoms with van der Waals surface area (Å²) < 4.78 is 36.4. The van der Waals surface area contributed by atoms with Crippen LogP contribution in [-0.2, 0) is 18.9 Å². The summed E-state index contributed by atoms with van der Waals surface area (Å²) in [7, 11) is 0. The number of hydrogen-bond acceptors (Lipinski definition) is 16. The van der Waals surface area contributed by atoms with E-state index in [1.807, 2.05) is 0 Å². The number of rotatable bonds is 13. The molecule has 16 N–H and O–H groups in total. The molecule has 268 valence electrons. The lowest BCUT2D eigenvalue weighted by Gasteiger charge is -2.49. The van der Waals surface area contributed by atoms with Crippen molar-refractivity contribution in [2.45, 2.75) is 124 Å². The van der Waals surface area contributed by atoms with Gasteiger partial charge in [0.25, 0.3) is 0 Å². The number of nitrogens with two attached hydrogens (primary N) is 3. The van der Waals surface area contributed by atoms with Gasteiger partial charge in [-0.05, 0) is 26.2 Å². The summed E-state index contributed by atoms with van der Waals surface area (Å²) in [4.78, 5) is 3.93. The number of nitrogens with one attached hydrogen (secondary N) is 2. The van der Waals surface area contributed by atoms with E-state index in [2.05, 4.69) is 10.3 Å². The van der Waals surface area contributed by atoms with Crippen LogP contribution in [0.3, 0.4) is 0 Å². The molecule has 1 aliphatic carbocycles. The molecule has 0 spiro atoms. The van der Waals surface area contributed by atoms with Crippen LogP contribution in [0.5, 0.6) is 0 Å². The number of amidine groups is 2. The second-order valence-electron chi connectivity index (χ2n) is 12.6. The first-order valence-electron chi connectivity index (χ1n) is 15.2. The minimum Gasteiger partial charge on any atom is -0.394 e. The number of ether oxygens (including phenoxy) is 4. The Morgan fingerprint density at radius 3 is 2.35 bits per heavy atom. The number of aliphatic hydroxyl groups excluding tert-OH is 7. The fourth-order valence-corrected chi connectivity index (χ4v) is 5.63. The second-order valence-corrected chi connectivity index (χ2v) is 12.6.